The Morgan fingerprint density at radius 1 is 1.00 bits per heavy atom. The van der Waals surface area contributed by atoms with Gasteiger partial charge in [-0.2, -0.15) is 10.3 Å². The lowest BCUT2D eigenvalue weighted by Gasteiger charge is -2.46. The van der Waals surface area contributed by atoms with Crippen LogP contribution in [-0.4, -0.2) is 74.4 Å². The number of non-ortho nitro benzene ring substituents is 1. The molecule has 12 nitrogen and oxygen atoms in total. The first-order valence-electron chi connectivity index (χ1n) is 15.0. The number of benzene rings is 4. The van der Waals surface area contributed by atoms with Crippen LogP contribution < -0.4 is 5.32 Å². The molecule has 2 heterocycles. The van der Waals surface area contributed by atoms with Crippen LogP contribution in [0.25, 0.3) is 10.8 Å². The number of nitrogens with one attached hydrogen (secondary N) is 1. The fourth-order valence-electron chi connectivity index (χ4n) is 6.22. The number of piperazine rings is 1. The average Bonchev–Trinajstić information content (AvgIpc) is 3.40. The lowest BCUT2D eigenvalue weighted by molar-refractivity contribution is -0.384. The summed E-state index contributed by atoms with van der Waals surface area (Å²) in [7, 11) is 0. The lowest BCUT2D eigenvalue weighted by atomic mass is 9.99. The molecule has 13 heteroatoms. The SMILES string of the molecule is N#CCN(C(=O)NCc1ccc(F)cc1)N1CC(=O)N2[C@@H](Cc3ccc([N+](=O)[O-])cc3)C(=O)N(Cc3cccc4ccccc34)C[C@@H]21. The predicted molar refractivity (Wildman–Crippen MR) is 168 cm³/mol. The maximum Gasteiger partial charge on any atom is 0.333 e. The number of carbonyl (C=O) groups excluding carboxylic acids is 3. The number of amides is 4. The topological polar surface area (TPSA) is 143 Å². The molecule has 0 spiro atoms. The Hall–Kier alpha value is -5.87. The highest BCUT2D eigenvalue weighted by Crippen LogP contribution is 2.31. The van der Waals surface area contributed by atoms with Crippen molar-refractivity contribution in [2.45, 2.75) is 31.7 Å². The molecule has 0 aromatic heterocycles. The van der Waals surface area contributed by atoms with Gasteiger partial charge < -0.3 is 15.1 Å². The normalized spacial score (nSPS) is 17.8. The first kappa shape index (κ1) is 31.1. The average molecular weight is 636 g/mol. The number of hydrogen-bond donors (Lipinski definition) is 1. The molecule has 0 bridgehead atoms. The highest BCUT2D eigenvalue weighted by atomic mass is 19.1. The molecule has 4 aromatic carbocycles. The van der Waals surface area contributed by atoms with Gasteiger partial charge in [-0.15, -0.1) is 0 Å². The van der Waals surface area contributed by atoms with Crippen LogP contribution in [0, 0.1) is 27.3 Å². The van der Waals surface area contributed by atoms with Crippen molar-refractivity contribution in [2.75, 3.05) is 19.6 Å². The van der Waals surface area contributed by atoms with Gasteiger partial charge in [0.2, 0.25) is 11.8 Å². The summed E-state index contributed by atoms with van der Waals surface area (Å²) in [6.45, 7) is -0.249. The van der Waals surface area contributed by atoms with Gasteiger partial charge >= 0.3 is 6.03 Å². The first-order chi connectivity index (χ1) is 22.7. The molecule has 2 aliphatic rings. The van der Waals surface area contributed by atoms with Gasteiger partial charge in [0, 0.05) is 31.6 Å². The zero-order chi connectivity index (χ0) is 33.1. The van der Waals surface area contributed by atoms with E-state index in [9.17, 15) is 34.2 Å². The van der Waals surface area contributed by atoms with Crippen LogP contribution in [0.4, 0.5) is 14.9 Å². The number of carbonyl (C=O) groups is 3. The van der Waals surface area contributed by atoms with Crippen molar-refractivity contribution in [3.8, 4) is 6.07 Å². The molecule has 2 atom stereocenters. The first-order valence-corrected chi connectivity index (χ1v) is 15.0. The van der Waals surface area contributed by atoms with E-state index in [1.54, 1.807) is 17.0 Å². The van der Waals surface area contributed by atoms with Crippen molar-refractivity contribution < 1.29 is 23.7 Å². The van der Waals surface area contributed by atoms with Crippen LogP contribution >= 0.6 is 0 Å². The maximum absolute atomic E-state index is 14.2. The second-order valence-corrected chi connectivity index (χ2v) is 11.4. The summed E-state index contributed by atoms with van der Waals surface area (Å²) in [5, 5.41) is 28.3. The number of fused-ring (bicyclic) bond motifs is 2. The molecule has 6 rings (SSSR count). The third kappa shape index (κ3) is 6.45. The van der Waals surface area contributed by atoms with Crippen molar-refractivity contribution in [1.29, 1.82) is 5.26 Å². The number of nitro groups is 1. The van der Waals surface area contributed by atoms with Gasteiger partial charge in [0.05, 0.1) is 24.1 Å². The zero-order valence-corrected chi connectivity index (χ0v) is 25.2. The third-order valence-corrected chi connectivity index (χ3v) is 8.51. The van der Waals surface area contributed by atoms with Crippen LogP contribution in [0.3, 0.4) is 0 Å². The van der Waals surface area contributed by atoms with E-state index in [-0.39, 0.29) is 50.7 Å². The summed E-state index contributed by atoms with van der Waals surface area (Å²) in [6.07, 6.45) is -0.684. The quantitative estimate of drug-likeness (QED) is 0.167. The van der Waals surface area contributed by atoms with Gasteiger partial charge in [0.1, 0.15) is 24.6 Å². The number of nitriles is 1. The van der Waals surface area contributed by atoms with Gasteiger partial charge in [-0.1, -0.05) is 66.7 Å². The molecule has 2 fully saturated rings. The minimum Gasteiger partial charge on any atom is -0.333 e. The fraction of sp³-hybridized carbons (Fsp3) is 0.235. The summed E-state index contributed by atoms with van der Waals surface area (Å²) in [5.41, 5.74) is 2.07. The Morgan fingerprint density at radius 2 is 1.70 bits per heavy atom. The van der Waals surface area contributed by atoms with E-state index < -0.39 is 34.9 Å². The van der Waals surface area contributed by atoms with Gasteiger partial charge in [0.15, 0.2) is 0 Å². The number of hydrazine groups is 1. The molecule has 47 heavy (non-hydrogen) atoms. The van der Waals surface area contributed by atoms with Gasteiger partial charge in [-0.25, -0.2) is 14.2 Å². The highest BCUT2D eigenvalue weighted by molar-refractivity contribution is 5.92. The van der Waals surface area contributed by atoms with Gasteiger partial charge in [-0.3, -0.25) is 19.7 Å². The second kappa shape index (κ2) is 13.2. The van der Waals surface area contributed by atoms with E-state index in [0.29, 0.717) is 11.1 Å². The molecular weight excluding hydrogens is 605 g/mol. The van der Waals surface area contributed by atoms with Crippen LogP contribution in [-0.2, 0) is 29.1 Å². The molecule has 0 radical (unpaired) electrons. The lowest BCUT2D eigenvalue weighted by Crippen LogP contribution is -2.66. The predicted octanol–water partition coefficient (Wildman–Crippen LogP) is 3.96. The van der Waals surface area contributed by atoms with Crippen LogP contribution in [0.2, 0.25) is 0 Å². The van der Waals surface area contributed by atoms with E-state index in [4.69, 9.17) is 0 Å². The minimum atomic E-state index is -0.964. The number of hydrogen-bond acceptors (Lipinski definition) is 7. The number of nitro benzene ring substituents is 1. The summed E-state index contributed by atoms with van der Waals surface area (Å²) in [5.74, 6) is -1.10. The standard InChI is InChI=1S/C34H30FN7O5/c35-27-12-8-24(9-13-27)19-37-34(45)39(17-16-36)40-22-32(43)41-30(18-23-10-14-28(15-11-23)42(46)47)33(44)38(21-31(40)41)20-26-6-3-5-25-4-1-2-7-29(25)26/h1-15,30-31H,17-22H2,(H,37,45)/t30-,31+/m0/s1. The van der Waals surface area contributed by atoms with E-state index in [1.807, 2.05) is 48.5 Å². The monoisotopic (exact) mass is 635 g/mol. The Bertz CT molecular complexity index is 1870. The summed E-state index contributed by atoms with van der Waals surface area (Å²) in [6, 6.07) is 25.5. The van der Waals surface area contributed by atoms with Gasteiger partial charge in [-0.05, 0) is 39.6 Å². The van der Waals surface area contributed by atoms with Crippen molar-refractivity contribution >= 4 is 34.3 Å². The number of rotatable bonds is 9. The molecule has 0 unspecified atom stereocenters. The van der Waals surface area contributed by atoms with Crippen molar-refractivity contribution in [2.24, 2.45) is 0 Å². The summed E-state index contributed by atoms with van der Waals surface area (Å²) >= 11 is 0. The molecular formula is C34H30FN7O5. The number of halogens is 1. The molecule has 238 valence electrons. The van der Waals surface area contributed by atoms with Crippen LogP contribution in [0.15, 0.2) is 91.0 Å². The van der Waals surface area contributed by atoms with E-state index >= 15 is 0 Å². The summed E-state index contributed by atoms with van der Waals surface area (Å²) < 4.78 is 13.4. The van der Waals surface area contributed by atoms with Crippen molar-refractivity contribution in [1.82, 2.24) is 25.1 Å². The minimum absolute atomic E-state index is 0.0612. The van der Waals surface area contributed by atoms with Crippen molar-refractivity contribution in [3.63, 3.8) is 0 Å². The molecule has 4 amide bonds. The molecule has 2 saturated heterocycles. The van der Waals surface area contributed by atoms with E-state index in [0.717, 1.165) is 16.3 Å². The summed E-state index contributed by atoms with van der Waals surface area (Å²) in [4.78, 5) is 55.1. The largest absolute Gasteiger partial charge is 0.333 e. The Kier molecular flexibility index (Phi) is 8.77. The molecule has 4 aromatic rings. The third-order valence-electron chi connectivity index (χ3n) is 8.51. The van der Waals surface area contributed by atoms with E-state index in [1.165, 1.54) is 51.3 Å². The maximum atomic E-state index is 14.2. The number of nitrogens with zero attached hydrogens (tertiary/aromatic N) is 6. The Morgan fingerprint density at radius 3 is 2.43 bits per heavy atom. The zero-order valence-electron chi connectivity index (χ0n) is 25.2. The Labute approximate surface area is 269 Å². The molecule has 2 aliphatic heterocycles. The smallest absolute Gasteiger partial charge is 0.333 e. The fourth-order valence-corrected chi connectivity index (χ4v) is 6.22. The Balaban J connectivity index is 1.31. The van der Waals surface area contributed by atoms with Crippen LogP contribution in [0.5, 0.6) is 0 Å². The molecule has 0 saturated carbocycles. The molecule has 1 N–H and O–H groups in total. The van der Waals surface area contributed by atoms with E-state index in [2.05, 4.69) is 5.32 Å². The van der Waals surface area contributed by atoms with Crippen molar-refractivity contribution in [3.05, 3.63) is 124 Å². The number of urea groups is 1. The van der Waals surface area contributed by atoms with Crippen LogP contribution in [0.1, 0.15) is 16.7 Å². The second-order valence-electron chi connectivity index (χ2n) is 11.4. The van der Waals surface area contributed by atoms with Gasteiger partial charge in [0.25, 0.3) is 5.69 Å². The highest BCUT2D eigenvalue weighted by Gasteiger charge is 2.52. The molecule has 0 aliphatic carbocycles.